The fourth-order valence-electron chi connectivity index (χ4n) is 1.84. The average molecular weight is 311 g/mol. The van der Waals surface area contributed by atoms with Crippen LogP contribution < -0.4 is 0 Å². The molecule has 1 N–H and O–H groups in total. The molecule has 2 aromatic heterocycles. The molecule has 0 bridgehead atoms. The van der Waals surface area contributed by atoms with E-state index in [1.165, 1.54) is 5.56 Å². The van der Waals surface area contributed by atoms with Crippen molar-refractivity contribution in [3.63, 3.8) is 0 Å². The molecule has 0 atom stereocenters. The third-order valence-corrected chi connectivity index (χ3v) is 3.56. The van der Waals surface area contributed by atoms with Crippen molar-refractivity contribution < 1.29 is 0 Å². The number of benzene rings is 1. The van der Waals surface area contributed by atoms with Crippen LogP contribution in [-0.2, 0) is 0 Å². The number of fused-ring (bicyclic) bond motifs is 1. The SMILES string of the molecule is Cc1ccc(C#Cc2cc3c(Br)ccnc3[nH]2)cc1. The molecule has 1 aromatic carbocycles. The third kappa shape index (κ3) is 2.54. The van der Waals surface area contributed by atoms with Crippen molar-refractivity contribution in [2.45, 2.75) is 6.92 Å². The molecule has 2 heterocycles. The lowest BCUT2D eigenvalue weighted by molar-refractivity contribution is 1.30. The largest absolute Gasteiger partial charge is 0.333 e. The Morgan fingerprint density at radius 1 is 1.11 bits per heavy atom. The number of halogens is 1. The summed E-state index contributed by atoms with van der Waals surface area (Å²) in [5.74, 6) is 6.27. The topological polar surface area (TPSA) is 28.7 Å². The number of H-pyrrole nitrogens is 1. The van der Waals surface area contributed by atoms with Gasteiger partial charge in [0.25, 0.3) is 0 Å². The summed E-state index contributed by atoms with van der Waals surface area (Å²) >= 11 is 3.51. The van der Waals surface area contributed by atoms with Crippen molar-refractivity contribution in [3.05, 3.63) is 63.9 Å². The standard InChI is InChI=1S/C16H11BrN2/c1-11-2-4-12(5-3-11)6-7-13-10-14-15(17)8-9-18-16(14)19-13/h2-5,8-10H,1H3,(H,18,19). The second-order valence-corrected chi connectivity index (χ2v) is 5.21. The minimum atomic E-state index is 0.850. The Kier molecular flexibility index (Phi) is 3.10. The third-order valence-electron chi connectivity index (χ3n) is 2.87. The van der Waals surface area contributed by atoms with Crippen LogP contribution in [0.4, 0.5) is 0 Å². The second kappa shape index (κ2) is 4.91. The Balaban J connectivity index is 1.98. The van der Waals surface area contributed by atoms with Crippen LogP contribution >= 0.6 is 15.9 Å². The Bertz CT molecular complexity index is 789. The van der Waals surface area contributed by atoms with Gasteiger partial charge in [-0.3, -0.25) is 0 Å². The van der Waals surface area contributed by atoms with Gasteiger partial charge in [-0.1, -0.05) is 23.6 Å². The van der Waals surface area contributed by atoms with Gasteiger partial charge in [0.15, 0.2) is 0 Å². The van der Waals surface area contributed by atoms with Gasteiger partial charge in [0, 0.05) is 21.6 Å². The van der Waals surface area contributed by atoms with Gasteiger partial charge in [0.1, 0.15) is 5.65 Å². The smallest absolute Gasteiger partial charge is 0.139 e. The Hall–Kier alpha value is -2.05. The minimum absolute atomic E-state index is 0.850. The first-order valence-electron chi connectivity index (χ1n) is 5.94. The second-order valence-electron chi connectivity index (χ2n) is 4.35. The molecular weight excluding hydrogens is 300 g/mol. The molecule has 0 unspecified atom stereocenters. The van der Waals surface area contributed by atoms with Crippen molar-refractivity contribution in [1.82, 2.24) is 9.97 Å². The zero-order chi connectivity index (χ0) is 13.2. The molecule has 19 heavy (non-hydrogen) atoms. The average Bonchev–Trinajstić information content (AvgIpc) is 2.83. The summed E-state index contributed by atoms with van der Waals surface area (Å²) in [5, 5.41) is 1.05. The van der Waals surface area contributed by atoms with E-state index in [4.69, 9.17) is 0 Å². The monoisotopic (exact) mass is 310 g/mol. The zero-order valence-electron chi connectivity index (χ0n) is 10.4. The summed E-state index contributed by atoms with van der Waals surface area (Å²) in [6, 6.07) is 12.1. The normalized spacial score (nSPS) is 10.2. The van der Waals surface area contributed by atoms with Crippen molar-refractivity contribution in [1.29, 1.82) is 0 Å². The highest BCUT2D eigenvalue weighted by Gasteiger charge is 2.02. The number of hydrogen-bond acceptors (Lipinski definition) is 1. The van der Waals surface area contributed by atoms with Gasteiger partial charge in [-0.05, 0) is 53.0 Å². The van der Waals surface area contributed by atoms with Gasteiger partial charge in [-0.25, -0.2) is 4.98 Å². The lowest BCUT2D eigenvalue weighted by Crippen LogP contribution is -1.77. The van der Waals surface area contributed by atoms with E-state index in [2.05, 4.69) is 56.8 Å². The highest BCUT2D eigenvalue weighted by molar-refractivity contribution is 9.10. The summed E-state index contributed by atoms with van der Waals surface area (Å²) in [6.45, 7) is 2.07. The summed E-state index contributed by atoms with van der Waals surface area (Å²) < 4.78 is 1.03. The predicted molar refractivity (Wildman–Crippen MR) is 81.0 cm³/mol. The first kappa shape index (κ1) is 12.0. The van der Waals surface area contributed by atoms with Crippen LogP contribution in [0.2, 0.25) is 0 Å². The molecule has 0 aliphatic heterocycles. The van der Waals surface area contributed by atoms with Crippen LogP contribution in [0.3, 0.4) is 0 Å². The van der Waals surface area contributed by atoms with Gasteiger partial charge in [0.2, 0.25) is 0 Å². The van der Waals surface area contributed by atoms with E-state index in [-0.39, 0.29) is 0 Å². The molecule has 0 saturated carbocycles. The van der Waals surface area contributed by atoms with Crippen molar-refractivity contribution in [3.8, 4) is 11.8 Å². The lowest BCUT2D eigenvalue weighted by Gasteiger charge is -1.90. The fourth-order valence-corrected chi connectivity index (χ4v) is 2.26. The van der Waals surface area contributed by atoms with Crippen LogP contribution in [0.1, 0.15) is 16.8 Å². The van der Waals surface area contributed by atoms with Crippen molar-refractivity contribution in [2.75, 3.05) is 0 Å². The van der Waals surface area contributed by atoms with Gasteiger partial charge in [0.05, 0.1) is 5.69 Å². The van der Waals surface area contributed by atoms with Crippen LogP contribution in [0.5, 0.6) is 0 Å². The van der Waals surface area contributed by atoms with E-state index in [0.717, 1.165) is 26.8 Å². The first-order valence-corrected chi connectivity index (χ1v) is 6.73. The first-order chi connectivity index (χ1) is 9.22. The zero-order valence-corrected chi connectivity index (χ0v) is 12.0. The molecule has 0 aliphatic carbocycles. The van der Waals surface area contributed by atoms with E-state index in [1.807, 2.05) is 24.3 Å². The fraction of sp³-hybridized carbons (Fsp3) is 0.0625. The van der Waals surface area contributed by atoms with E-state index in [1.54, 1.807) is 6.20 Å². The minimum Gasteiger partial charge on any atom is -0.333 e. The molecule has 0 radical (unpaired) electrons. The summed E-state index contributed by atoms with van der Waals surface area (Å²) in [6.07, 6.45) is 1.76. The Labute approximate surface area is 120 Å². The van der Waals surface area contributed by atoms with Gasteiger partial charge < -0.3 is 4.98 Å². The maximum absolute atomic E-state index is 4.28. The molecule has 0 fully saturated rings. The number of aryl methyl sites for hydroxylation is 1. The maximum Gasteiger partial charge on any atom is 0.139 e. The van der Waals surface area contributed by atoms with E-state index in [0.29, 0.717) is 0 Å². The molecule has 2 nitrogen and oxygen atoms in total. The quantitative estimate of drug-likeness (QED) is 0.624. The highest BCUT2D eigenvalue weighted by Crippen LogP contribution is 2.22. The predicted octanol–water partition coefficient (Wildman–Crippen LogP) is 4.03. The molecule has 92 valence electrons. The van der Waals surface area contributed by atoms with Crippen molar-refractivity contribution >= 4 is 27.0 Å². The number of hydrogen-bond donors (Lipinski definition) is 1. The summed E-state index contributed by atoms with van der Waals surface area (Å²) in [4.78, 5) is 7.48. The molecule has 0 amide bonds. The number of aromatic amines is 1. The van der Waals surface area contributed by atoms with Gasteiger partial charge >= 0.3 is 0 Å². The van der Waals surface area contributed by atoms with E-state index in [9.17, 15) is 0 Å². The molecule has 0 saturated heterocycles. The number of nitrogens with one attached hydrogen (secondary N) is 1. The Morgan fingerprint density at radius 3 is 2.63 bits per heavy atom. The number of aromatic nitrogens is 2. The van der Waals surface area contributed by atoms with Crippen LogP contribution in [0.15, 0.2) is 47.1 Å². The van der Waals surface area contributed by atoms with Gasteiger partial charge in [-0.15, -0.1) is 0 Å². The molecule has 3 heteroatoms. The van der Waals surface area contributed by atoms with Crippen LogP contribution in [-0.4, -0.2) is 9.97 Å². The highest BCUT2D eigenvalue weighted by atomic mass is 79.9. The molecule has 0 aliphatic rings. The summed E-state index contributed by atoms with van der Waals surface area (Å²) in [5.41, 5.74) is 3.97. The maximum atomic E-state index is 4.28. The summed E-state index contributed by atoms with van der Waals surface area (Å²) in [7, 11) is 0. The lowest BCUT2D eigenvalue weighted by atomic mass is 10.1. The van der Waals surface area contributed by atoms with Gasteiger partial charge in [-0.2, -0.15) is 0 Å². The molecule has 3 rings (SSSR count). The molecule has 3 aromatic rings. The number of rotatable bonds is 0. The van der Waals surface area contributed by atoms with E-state index >= 15 is 0 Å². The molecular formula is C16H11BrN2. The van der Waals surface area contributed by atoms with Crippen molar-refractivity contribution in [2.24, 2.45) is 0 Å². The van der Waals surface area contributed by atoms with E-state index < -0.39 is 0 Å². The van der Waals surface area contributed by atoms with Crippen LogP contribution in [0.25, 0.3) is 11.0 Å². The molecule has 0 spiro atoms. The van der Waals surface area contributed by atoms with Crippen LogP contribution in [0, 0.1) is 18.8 Å². The Morgan fingerprint density at radius 2 is 1.89 bits per heavy atom. The number of pyridine rings is 1. The number of nitrogens with zero attached hydrogens (tertiary/aromatic N) is 1.